The number of para-hydroxylation sites is 1. The van der Waals surface area contributed by atoms with Crippen LogP contribution in [0.25, 0.3) is 0 Å². The first kappa shape index (κ1) is 15.7. The zero-order valence-electron chi connectivity index (χ0n) is 11.9. The summed E-state index contributed by atoms with van der Waals surface area (Å²) in [5.74, 6) is 0. The number of nitrogens with zero attached hydrogens (tertiary/aromatic N) is 2. The van der Waals surface area contributed by atoms with Crippen LogP contribution in [-0.2, 0) is 9.84 Å². The zero-order chi connectivity index (χ0) is 15.8. The van der Waals surface area contributed by atoms with Crippen molar-refractivity contribution >= 4 is 21.2 Å². The number of nitro groups is 1. The van der Waals surface area contributed by atoms with E-state index in [0.717, 1.165) is 6.26 Å². The average molecular weight is 314 g/mol. The molecule has 1 fully saturated rings. The van der Waals surface area contributed by atoms with Gasteiger partial charge in [0.1, 0.15) is 10.6 Å². The van der Waals surface area contributed by atoms with Crippen molar-refractivity contribution in [2.45, 2.75) is 30.3 Å². The van der Waals surface area contributed by atoms with E-state index in [1.807, 2.05) is 0 Å². The Balaban J connectivity index is 2.48. The molecule has 1 aliphatic heterocycles. The summed E-state index contributed by atoms with van der Waals surface area (Å²) in [5, 5.41) is 21.3. The van der Waals surface area contributed by atoms with E-state index in [4.69, 9.17) is 0 Å². The van der Waals surface area contributed by atoms with Crippen LogP contribution in [0.4, 0.5) is 11.4 Å². The topological polar surface area (TPSA) is 101 Å². The number of sulfone groups is 1. The minimum atomic E-state index is -3.68. The van der Waals surface area contributed by atoms with Gasteiger partial charge in [-0.1, -0.05) is 6.07 Å². The average Bonchev–Trinajstić information content (AvgIpc) is 2.36. The van der Waals surface area contributed by atoms with Gasteiger partial charge in [-0.15, -0.1) is 0 Å². The van der Waals surface area contributed by atoms with Crippen molar-refractivity contribution in [2.75, 3.05) is 24.2 Å². The first-order chi connectivity index (χ1) is 9.62. The zero-order valence-corrected chi connectivity index (χ0v) is 12.8. The van der Waals surface area contributed by atoms with Crippen molar-refractivity contribution in [3.8, 4) is 0 Å². The Kier molecular flexibility index (Phi) is 3.94. The first-order valence-electron chi connectivity index (χ1n) is 6.57. The van der Waals surface area contributed by atoms with E-state index in [1.165, 1.54) is 12.1 Å². The molecule has 0 spiro atoms. The maximum absolute atomic E-state index is 11.7. The van der Waals surface area contributed by atoms with Gasteiger partial charge >= 0.3 is 5.69 Å². The molecule has 0 aliphatic carbocycles. The summed E-state index contributed by atoms with van der Waals surface area (Å²) in [5.41, 5.74) is -0.875. The molecule has 1 aromatic rings. The summed E-state index contributed by atoms with van der Waals surface area (Å²) in [4.78, 5) is 12.1. The van der Waals surface area contributed by atoms with Crippen LogP contribution in [0.1, 0.15) is 19.8 Å². The van der Waals surface area contributed by atoms with Crippen LogP contribution >= 0.6 is 0 Å². The Morgan fingerprint density at radius 2 is 1.90 bits per heavy atom. The highest BCUT2D eigenvalue weighted by molar-refractivity contribution is 7.90. The summed E-state index contributed by atoms with van der Waals surface area (Å²) >= 11 is 0. The van der Waals surface area contributed by atoms with Gasteiger partial charge in [0.15, 0.2) is 9.84 Å². The minimum absolute atomic E-state index is 0.276. The second-order valence-corrected chi connectivity index (χ2v) is 7.62. The van der Waals surface area contributed by atoms with Crippen LogP contribution in [0.3, 0.4) is 0 Å². The van der Waals surface area contributed by atoms with Gasteiger partial charge in [-0.05, 0) is 31.9 Å². The van der Waals surface area contributed by atoms with Gasteiger partial charge in [-0.25, -0.2) is 8.42 Å². The molecule has 0 amide bonds. The van der Waals surface area contributed by atoms with Gasteiger partial charge in [-0.3, -0.25) is 10.1 Å². The molecule has 2 rings (SSSR count). The predicted octanol–water partition coefficient (Wildman–Crippen LogP) is 1.35. The van der Waals surface area contributed by atoms with E-state index < -0.39 is 20.4 Å². The van der Waals surface area contributed by atoms with E-state index in [9.17, 15) is 23.6 Å². The molecule has 1 N–H and O–H groups in total. The van der Waals surface area contributed by atoms with Gasteiger partial charge in [0.25, 0.3) is 0 Å². The number of benzene rings is 1. The number of nitro benzene ring substituents is 1. The number of aliphatic hydroxyl groups is 1. The summed E-state index contributed by atoms with van der Waals surface area (Å²) in [6, 6.07) is 4.30. The van der Waals surface area contributed by atoms with Crippen molar-refractivity contribution in [1.82, 2.24) is 0 Å². The lowest BCUT2D eigenvalue weighted by molar-refractivity contribution is -0.387. The molecular formula is C13H18N2O5S. The molecule has 7 nitrogen and oxygen atoms in total. The molecular weight excluding hydrogens is 296 g/mol. The largest absolute Gasteiger partial charge is 0.390 e. The maximum Gasteiger partial charge on any atom is 0.311 e. The standard InChI is InChI=1S/C13H18N2O5S/c1-13(16)6-8-14(9-7-13)10-4-3-5-11(21(2,19)20)12(10)15(17)18/h3-5,16H,6-9H2,1-2H3. The van der Waals surface area contributed by atoms with E-state index in [1.54, 1.807) is 17.9 Å². The first-order valence-corrected chi connectivity index (χ1v) is 8.46. The van der Waals surface area contributed by atoms with Gasteiger partial charge < -0.3 is 10.0 Å². The van der Waals surface area contributed by atoms with E-state index in [0.29, 0.717) is 31.6 Å². The quantitative estimate of drug-likeness (QED) is 0.667. The SMILES string of the molecule is CC1(O)CCN(c2cccc(S(C)(=O)=O)c2[N+](=O)[O-])CC1. The number of hydrogen-bond donors (Lipinski definition) is 1. The van der Waals surface area contributed by atoms with Crippen LogP contribution in [0.2, 0.25) is 0 Å². The highest BCUT2D eigenvalue weighted by Crippen LogP contribution is 2.36. The van der Waals surface area contributed by atoms with E-state index in [2.05, 4.69) is 0 Å². The molecule has 0 radical (unpaired) electrons. The Bertz CT molecular complexity index is 659. The Morgan fingerprint density at radius 1 is 1.33 bits per heavy atom. The molecule has 0 aromatic heterocycles. The second kappa shape index (κ2) is 5.27. The monoisotopic (exact) mass is 314 g/mol. The fraction of sp³-hybridized carbons (Fsp3) is 0.538. The Labute approximate surface area is 123 Å². The molecule has 21 heavy (non-hydrogen) atoms. The van der Waals surface area contributed by atoms with Crippen molar-refractivity contribution < 1.29 is 18.4 Å². The maximum atomic E-state index is 11.7. The molecule has 1 saturated heterocycles. The minimum Gasteiger partial charge on any atom is -0.390 e. The van der Waals surface area contributed by atoms with Crippen LogP contribution < -0.4 is 4.90 Å². The van der Waals surface area contributed by atoms with Gasteiger partial charge in [0.2, 0.25) is 0 Å². The fourth-order valence-corrected chi connectivity index (χ4v) is 3.33. The lowest BCUT2D eigenvalue weighted by Crippen LogP contribution is -2.42. The number of piperidine rings is 1. The molecule has 1 aromatic carbocycles. The van der Waals surface area contributed by atoms with Gasteiger partial charge in [0, 0.05) is 19.3 Å². The molecule has 1 aliphatic rings. The third-order valence-electron chi connectivity index (χ3n) is 3.74. The normalized spacial score (nSPS) is 18.5. The summed E-state index contributed by atoms with van der Waals surface area (Å²) in [7, 11) is -3.68. The third kappa shape index (κ3) is 3.33. The number of hydrogen-bond acceptors (Lipinski definition) is 6. The van der Waals surface area contributed by atoms with Gasteiger partial charge in [-0.2, -0.15) is 0 Å². The summed E-state index contributed by atoms with van der Waals surface area (Å²) in [6.07, 6.45) is 1.92. The fourth-order valence-electron chi connectivity index (χ4n) is 2.48. The number of rotatable bonds is 3. The lowest BCUT2D eigenvalue weighted by atomic mass is 9.93. The van der Waals surface area contributed by atoms with Crippen molar-refractivity contribution in [3.63, 3.8) is 0 Å². The molecule has 0 unspecified atom stereocenters. The van der Waals surface area contributed by atoms with Crippen LogP contribution in [0, 0.1) is 10.1 Å². The molecule has 0 bridgehead atoms. The highest BCUT2D eigenvalue weighted by atomic mass is 32.2. The van der Waals surface area contributed by atoms with Crippen molar-refractivity contribution in [2.24, 2.45) is 0 Å². The Morgan fingerprint density at radius 3 is 2.38 bits per heavy atom. The molecule has 116 valence electrons. The van der Waals surface area contributed by atoms with Crippen LogP contribution in [0.5, 0.6) is 0 Å². The molecule has 1 heterocycles. The van der Waals surface area contributed by atoms with Crippen LogP contribution in [-0.4, -0.2) is 43.4 Å². The second-order valence-electron chi connectivity index (χ2n) is 5.64. The van der Waals surface area contributed by atoms with Crippen molar-refractivity contribution in [3.05, 3.63) is 28.3 Å². The third-order valence-corrected chi connectivity index (χ3v) is 4.87. The molecule has 8 heteroatoms. The van der Waals surface area contributed by atoms with Gasteiger partial charge in [0.05, 0.1) is 10.5 Å². The predicted molar refractivity (Wildman–Crippen MR) is 78.3 cm³/mol. The Hall–Kier alpha value is -1.67. The summed E-state index contributed by atoms with van der Waals surface area (Å²) < 4.78 is 23.5. The summed E-state index contributed by atoms with van der Waals surface area (Å²) in [6.45, 7) is 2.62. The van der Waals surface area contributed by atoms with Crippen molar-refractivity contribution in [1.29, 1.82) is 0 Å². The van der Waals surface area contributed by atoms with Crippen LogP contribution in [0.15, 0.2) is 23.1 Å². The smallest absolute Gasteiger partial charge is 0.311 e. The van der Waals surface area contributed by atoms with E-state index in [-0.39, 0.29) is 10.6 Å². The molecule has 0 atom stereocenters. The van der Waals surface area contributed by atoms with E-state index >= 15 is 0 Å². The molecule has 0 saturated carbocycles. The highest BCUT2D eigenvalue weighted by Gasteiger charge is 2.33. The number of anilines is 1. The lowest BCUT2D eigenvalue weighted by Gasteiger charge is -2.36.